The van der Waals surface area contributed by atoms with Gasteiger partial charge in [-0.25, -0.2) is 13.1 Å². The lowest BCUT2D eigenvalue weighted by molar-refractivity contribution is 0.285. The zero-order valence-corrected chi connectivity index (χ0v) is 13.6. The van der Waals surface area contributed by atoms with Crippen molar-refractivity contribution in [1.29, 1.82) is 0 Å². The summed E-state index contributed by atoms with van der Waals surface area (Å²) in [6.07, 6.45) is 11.5. The quantitative estimate of drug-likeness (QED) is 0.879. The van der Waals surface area contributed by atoms with Crippen molar-refractivity contribution >= 4 is 10.0 Å². The topological polar surface area (TPSA) is 90.0 Å². The molecule has 1 unspecified atom stereocenters. The zero-order chi connectivity index (χ0) is 15.4. The number of aromatic nitrogens is 2. The second-order valence-electron chi connectivity index (χ2n) is 7.31. The molecule has 3 aliphatic carbocycles. The number of nitrogens with one attached hydrogen (secondary N) is 1. The monoisotopic (exact) mass is 324 g/mol. The molecule has 1 aromatic heterocycles. The second kappa shape index (κ2) is 5.04. The lowest BCUT2D eigenvalue weighted by Gasteiger charge is -2.29. The first-order valence-corrected chi connectivity index (χ1v) is 9.79. The summed E-state index contributed by atoms with van der Waals surface area (Å²) in [4.78, 5) is 0.294. The Morgan fingerprint density at radius 1 is 1.27 bits per heavy atom. The highest BCUT2D eigenvalue weighted by Crippen LogP contribution is 2.55. The molecule has 3 saturated carbocycles. The summed E-state index contributed by atoms with van der Waals surface area (Å²) in [5.41, 5.74) is 6.33. The van der Waals surface area contributed by atoms with Gasteiger partial charge >= 0.3 is 0 Å². The molecule has 3 aliphatic rings. The fourth-order valence-corrected chi connectivity index (χ4v) is 5.11. The number of rotatable bonds is 4. The SMILES string of the molecule is NC1CC12CCC(NS(=O)(=O)c1cnn(C3CCC3)c1)CC2. The third kappa shape index (κ3) is 2.49. The molecule has 0 radical (unpaired) electrons. The van der Waals surface area contributed by atoms with Gasteiger partial charge in [0.2, 0.25) is 10.0 Å². The molecule has 0 aromatic carbocycles. The Balaban J connectivity index is 1.40. The number of nitrogens with zero attached hydrogens (tertiary/aromatic N) is 2. The maximum Gasteiger partial charge on any atom is 0.243 e. The van der Waals surface area contributed by atoms with Crippen LogP contribution in [0.25, 0.3) is 0 Å². The third-order valence-corrected chi connectivity index (χ3v) is 7.37. The molecule has 1 aromatic rings. The van der Waals surface area contributed by atoms with E-state index in [0.717, 1.165) is 44.9 Å². The predicted molar refractivity (Wildman–Crippen MR) is 82.7 cm³/mol. The van der Waals surface area contributed by atoms with Crippen LogP contribution in [0.15, 0.2) is 17.3 Å². The summed E-state index contributed by atoms with van der Waals surface area (Å²) >= 11 is 0. The molecular formula is C15H24N4O2S. The van der Waals surface area contributed by atoms with Gasteiger partial charge in [0.15, 0.2) is 0 Å². The second-order valence-corrected chi connectivity index (χ2v) is 9.02. The molecule has 0 aliphatic heterocycles. The van der Waals surface area contributed by atoms with Crippen LogP contribution in [0, 0.1) is 5.41 Å². The largest absolute Gasteiger partial charge is 0.327 e. The van der Waals surface area contributed by atoms with Crippen molar-refractivity contribution in [1.82, 2.24) is 14.5 Å². The highest BCUT2D eigenvalue weighted by Gasteiger charge is 2.53. The summed E-state index contributed by atoms with van der Waals surface area (Å²) in [5.74, 6) is 0. The van der Waals surface area contributed by atoms with Crippen LogP contribution in [0.5, 0.6) is 0 Å². The van der Waals surface area contributed by atoms with Crippen molar-refractivity contribution in [2.75, 3.05) is 0 Å². The van der Waals surface area contributed by atoms with Gasteiger partial charge in [-0.1, -0.05) is 0 Å². The molecule has 0 bridgehead atoms. The molecule has 22 heavy (non-hydrogen) atoms. The van der Waals surface area contributed by atoms with E-state index in [1.165, 1.54) is 12.6 Å². The summed E-state index contributed by atoms with van der Waals surface area (Å²) in [7, 11) is -3.45. The molecule has 3 fully saturated rings. The molecule has 3 N–H and O–H groups in total. The normalized spacial score (nSPS) is 35.5. The molecule has 1 spiro atoms. The van der Waals surface area contributed by atoms with Crippen molar-refractivity contribution in [3.63, 3.8) is 0 Å². The number of hydrogen-bond acceptors (Lipinski definition) is 4. The van der Waals surface area contributed by atoms with E-state index >= 15 is 0 Å². The number of nitrogens with two attached hydrogens (primary N) is 1. The van der Waals surface area contributed by atoms with Gasteiger partial charge in [-0.3, -0.25) is 4.68 Å². The van der Waals surface area contributed by atoms with E-state index in [9.17, 15) is 8.42 Å². The maximum atomic E-state index is 12.5. The summed E-state index contributed by atoms with van der Waals surface area (Å²) in [5, 5.41) is 4.22. The Morgan fingerprint density at radius 3 is 2.50 bits per heavy atom. The molecule has 0 amide bonds. The van der Waals surface area contributed by atoms with Crippen LogP contribution in [0.1, 0.15) is 57.4 Å². The van der Waals surface area contributed by atoms with E-state index in [1.807, 2.05) is 0 Å². The van der Waals surface area contributed by atoms with Crippen LogP contribution in [-0.4, -0.2) is 30.3 Å². The Kier molecular flexibility index (Phi) is 3.36. The first-order valence-electron chi connectivity index (χ1n) is 8.31. The van der Waals surface area contributed by atoms with Crippen LogP contribution < -0.4 is 10.5 Å². The van der Waals surface area contributed by atoms with Gasteiger partial charge < -0.3 is 5.73 Å². The van der Waals surface area contributed by atoms with Gasteiger partial charge in [0.05, 0.1) is 12.2 Å². The summed E-state index contributed by atoms with van der Waals surface area (Å²) in [6.45, 7) is 0. The first kappa shape index (κ1) is 14.7. The Hall–Kier alpha value is -0.920. The standard InChI is InChI=1S/C15H24N4O2S/c16-14-8-15(14)6-4-11(5-7-15)18-22(20,21)13-9-17-19(10-13)12-2-1-3-12/h9-12,14,18H,1-8,16H2. The van der Waals surface area contributed by atoms with Crippen molar-refractivity contribution in [3.05, 3.63) is 12.4 Å². The molecule has 6 nitrogen and oxygen atoms in total. The average molecular weight is 324 g/mol. The minimum Gasteiger partial charge on any atom is -0.327 e. The van der Waals surface area contributed by atoms with Gasteiger partial charge in [-0.05, 0) is 56.8 Å². The highest BCUT2D eigenvalue weighted by atomic mass is 32.2. The molecular weight excluding hydrogens is 300 g/mol. The molecule has 7 heteroatoms. The van der Waals surface area contributed by atoms with E-state index in [0.29, 0.717) is 22.4 Å². The fraction of sp³-hybridized carbons (Fsp3) is 0.800. The van der Waals surface area contributed by atoms with Crippen LogP contribution >= 0.6 is 0 Å². The Morgan fingerprint density at radius 2 is 1.95 bits per heavy atom. The van der Waals surface area contributed by atoms with Crippen molar-refractivity contribution < 1.29 is 8.42 Å². The molecule has 1 heterocycles. The van der Waals surface area contributed by atoms with Crippen LogP contribution in [0.2, 0.25) is 0 Å². The Labute approximate surface area is 131 Å². The fourth-order valence-electron chi connectivity index (χ4n) is 3.86. The highest BCUT2D eigenvalue weighted by molar-refractivity contribution is 7.89. The first-order chi connectivity index (χ1) is 10.5. The minimum atomic E-state index is -3.45. The minimum absolute atomic E-state index is 0.0375. The van der Waals surface area contributed by atoms with Gasteiger partial charge in [0, 0.05) is 18.3 Å². The van der Waals surface area contributed by atoms with E-state index in [4.69, 9.17) is 5.73 Å². The van der Waals surface area contributed by atoms with Crippen LogP contribution in [0.3, 0.4) is 0 Å². The van der Waals surface area contributed by atoms with E-state index in [-0.39, 0.29) is 6.04 Å². The zero-order valence-electron chi connectivity index (χ0n) is 12.7. The number of sulfonamides is 1. The third-order valence-electron chi connectivity index (χ3n) is 5.89. The Bertz CT molecular complexity index is 657. The van der Waals surface area contributed by atoms with Crippen molar-refractivity contribution in [2.45, 2.75) is 74.4 Å². The van der Waals surface area contributed by atoms with Gasteiger partial charge in [-0.2, -0.15) is 5.10 Å². The summed E-state index contributed by atoms with van der Waals surface area (Å²) in [6, 6.07) is 0.760. The molecule has 0 saturated heterocycles. The van der Waals surface area contributed by atoms with Gasteiger partial charge in [-0.15, -0.1) is 0 Å². The molecule has 4 rings (SSSR count). The van der Waals surface area contributed by atoms with Gasteiger partial charge in [0.25, 0.3) is 0 Å². The predicted octanol–water partition coefficient (Wildman–Crippen LogP) is 1.55. The van der Waals surface area contributed by atoms with E-state index < -0.39 is 10.0 Å². The molecule has 1 atom stereocenters. The lowest BCUT2D eigenvalue weighted by atomic mass is 9.83. The maximum absolute atomic E-state index is 12.5. The number of hydrogen-bond donors (Lipinski definition) is 2. The van der Waals surface area contributed by atoms with Crippen LogP contribution in [-0.2, 0) is 10.0 Å². The average Bonchev–Trinajstić information content (AvgIpc) is 2.84. The van der Waals surface area contributed by atoms with Gasteiger partial charge in [0.1, 0.15) is 4.90 Å². The lowest BCUT2D eigenvalue weighted by Crippen LogP contribution is -2.38. The smallest absolute Gasteiger partial charge is 0.243 e. The van der Waals surface area contributed by atoms with E-state index in [2.05, 4.69) is 9.82 Å². The van der Waals surface area contributed by atoms with E-state index in [1.54, 1.807) is 10.9 Å². The molecule has 122 valence electrons. The van der Waals surface area contributed by atoms with Crippen LogP contribution in [0.4, 0.5) is 0 Å². The summed E-state index contributed by atoms with van der Waals surface area (Å²) < 4.78 is 29.7. The van der Waals surface area contributed by atoms with Crippen molar-refractivity contribution in [3.8, 4) is 0 Å². The van der Waals surface area contributed by atoms with Crippen molar-refractivity contribution in [2.24, 2.45) is 11.1 Å².